The number of carbonyl (C=O) groups excluding carboxylic acids is 1. The van der Waals surface area contributed by atoms with Crippen molar-refractivity contribution in [2.24, 2.45) is 0 Å². The van der Waals surface area contributed by atoms with Gasteiger partial charge in [0.2, 0.25) is 5.91 Å². The molecule has 1 aromatic heterocycles. The Morgan fingerprint density at radius 3 is 2.13 bits per heavy atom. The quantitative estimate of drug-likeness (QED) is 0.751. The summed E-state index contributed by atoms with van der Waals surface area (Å²) in [6.45, 7) is 2.75. The molecule has 0 bridgehead atoms. The summed E-state index contributed by atoms with van der Waals surface area (Å²) < 4.78 is 25.4. The molecule has 2 rings (SSSR count). The lowest BCUT2D eigenvalue weighted by atomic mass is 10.2. The number of benzene rings is 1. The summed E-state index contributed by atoms with van der Waals surface area (Å²) in [6.07, 6.45) is 1.52. The van der Waals surface area contributed by atoms with Crippen LogP contribution >= 0.6 is 31.9 Å². The fourth-order valence-electron chi connectivity index (χ4n) is 1.75. The summed E-state index contributed by atoms with van der Waals surface area (Å²) in [5, 5.41) is 2.54. The molecule has 2 aromatic rings. The first-order valence-electron chi connectivity index (χ1n) is 6.58. The Bertz CT molecular complexity index is 817. The van der Waals surface area contributed by atoms with Crippen molar-refractivity contribution in [2.75, 3.05) is 5.32 Å². The van der Waals surface area contributed by atoms with Crippen LogP contribution in [0.15, 0.2) is 56.4 Å². The lowest BCUT2D eigenvalue weighted by Crippen LogP contribution is -2.44. The molecule has 1 amide bonds. The van der Waals surface area contributed by atoms with E-state index in [1.54, 1.807) is 24.3 Å². The lowest BCUT2D eigenvalue weighted by molar-refractivity contribution is -0.117. The zero-order valence-electron chi connectivity index (χ0n) is 12.4. The summed E-state index contributed by atoms with van der Waals surface area (Å²) in [5.74, 6) is -0.354. The molecule has 0 atom stereocenters. The van der Waals surface area contributed by atoms with Crippen LogP contribution in [0.3, 0.4) is 0 Å². The van der Waals surface area contributed by atoms with Crippen molar-refractivity contribution in [2.45, 2.75) is 23.5 Å². The average molecular weight is 462 g/mol. The van der Waals surface area contributed by atoms with Crippen molar-refractivity contribution >= 4 is 53.4 Å². The van der Waals surface area contributed by atoms with Crippen LogP contribution in [0, 0.1) is 0 Å². The van der Waals surface area contributed by atoms with E-state index in [0.717, 1.165) is 8.95 Å². The number of amides is 1. The summed E-state index contributed by atoms with van der Waals surface area (Å²) in [4.78, 5) is 16.6. The van der Waals surface area contributed by atoms with Gasteiger partial charge >= 0.3 is 0 Å². The third kappa shape index (κ3) is 3.81. The van der Waals surface area contributed by atoms with E-state index in [2.05, 4.69) is 42.2 Å². The van der Waals surface area contributed by atoms with E-state index in [1.807, 2.05) is 0 Å². The van der Waals surface area contributed by atoms with Crippen molar-refractivity contribution in [1.82, 2.24) is 4.98 Å². The van der Waals surface area contributed by atoms with Gasteiger partial charge in [0, 0.05) is 15.1 Å². The van der Waals surface area contributed by atoms with E-state index in [4.69, 9.17) is 0 Å². The second-order valence-corrected chi connectivity index (χ2v) is 9.61. The first-order chi connectivity index (χ1) is 10.6. The molecule has 0 radical (unpaired) electrons. The van der Waals surface area contributed by atoms with E-state index in [9.17, 15) is 13.2 Å². The molecule has 0 unspecified atom stereocenters. The average Bonchev–Trinajstić information content (AvgIpc) is 2.49. The number of hydrogen-bond acceptors (Lipinski definition) is 4. The highest BCUT2D eigenvalue weighted by molar-refractivity contribution is 9.10. The third-order valence-corrected chi connectivity index (χ3v) is 6.73. The van der Waals surface area contributed by atoms with Gasteiger partial charge in [-0.1, -0.05) is 15.9 Å². The van der Waals surface area contributed by atoms with Crippen LogP contribution < -0.4 is 5.32 Å². The number of aromatic nitrogens is 1. The van der Waals surface area contributed by atoms with Gasteiger partial charge in [-0.05, 0) is 66.2 Å². The van der Waals surface area contributed by atoms with Gasteiger partial charge in [0.05, 0.1) is 4.90 Å². The van der Waals surface area contributed by atoms with Gasteiger partial charge in [0.15, 0.2) is 9.84 Å². The Hall–Kier alpha value is -1.25. The van der Waals surface area contributed by atoms with E-state index in [-0.39, 0.29) is 10.7 Å². The summed E-state index contributed by atoms with van der Waals surface area (Å²) >= 11 is 6.50. The number of pyridine rings is 1. The molecule has 0 spiro atoms. The predicted molar refractivity (Wildman–Crippen MR) is 96.0 cm³/mol. The van der Waals surface area contributed by atoms with Crippen LogP contribution in [0.1, 0.15) is 13.8 Å². The van der Waals surface area contributed by atoms with E-state index >= 15 is 0 Å². The predicted octanol–water partition coefficient (Wildman–Crippen LogP) is 3.80. The Labute approximate surface area is 151 Å². The Balaban J connectivity index is 2.30. The highest BCUT2D eigenvalue weighted by atomic mass is 79.9. The van der Waals surface area contributed by atoms with Gasteiger partial charge < -0.3 is 5.32 Å². The SMILES string of the molecule is CC(C)(C(=O)Nc1ccc(Br)cn1)S(=O)(=O)c1ccc(Br)cc1. The molecule has 8 heteroatoms. The first-order valence-corrected chi connectivity index (χ1v) is 9.65. The van der Waals surface area contributed by atoms with E-state index in [1.165, 1.54) is 32.2 Å². The van der Waals surface area contributed by atoms with Crippen molar-refractivity contribution in [3.05, 3.63) is 51.5 Å². The number of anilines is 1. The summed E-state index contributed by atoms with van der Waals surface area (Å²) in [6, 6.07) is 9.47. The number of sulfone groups is 1. The van der Waals surface area contributed by atoms with Crippen LogP contribution in [0.4, 0.5) is 5.82 Å². The largest absolute Gasteiger partial charge is 0.309 e. The van der Waals surface area contributed by atoms with Crippen LogP contribution in [0.2, 0.25) is 0 Å². The van der Waals surface area contributed by atoms with E-state index < -0.39 is 20.5 Å². The normalized spacial score (nSPS) is 12.0. The molecule has 0 aliphatic rings. The molecular formula is C15H14Br2N2O3S. The zero-order valence-corrected chi connectivity index (χ0v) is 16.4. The van der Waals surface area contributed by atoms with Gasteiger partial charge in [0.25, 0.3) is 0 Å². The standard InChI is InChI=1S/C15H14Br2N2O3S/c1-15(2,14(20)19-13-8-5-11(17)9-18-13)23(21,22)12-6-3-10(16)4-7-12/h3-9H,1-2H3,(H,18,19,20). The molecule has 23 heavy (non-hydrogen) atoms. The highest BCUT2D eigenvalue weighted by Crippen LogP contribution is 2.27. The molecule has 0 saturated carbocycles. The van der Waals surface area contributed by atoms with Gasteiger partial charge in [-0.2, -0.15) is 0 Å². The topological polar surface area (TPSA) is 76.1 Å². The highest BCUT2D eigenvalue weighted by Gasteiger charge is 2.42. The minimum absolute atomic E-state index is 0.0876. The molecule has 1 heterocycles. The molecule has 1 aromatic carbocycles. The van der Waals surface area contributed by atoms with Crippen molar-refractivity contribution in [3.8, 4) is 0 Å². The fourth-order valence-corrected chi connectivity index (χ4v) is 3.62. The molecule has 0 saturated heterocycles. The monoisotopic (exact) mass is 460 g/mol. The third-order valence-electron chi connectivity index (χ3n) is 3.31. The lowest BCUT2D eigenvalue weighted by Gasteiger charge is -2.23. The van der Waals surface area contributed by atoms with Crippen LogP contribution in [-0.2, 0) is 14.6 Å². The second-order valence-electron chi connectivity index (χ2n) is 5.28. The fraction of sp³-hybridized carbons (Fsp3) is 0.200. The molecule has 1 N–H and O–H groups in total. The molecular weight excluding hydrogens is 448 g/mol. The smallest absolute Gasteiger partial charge is 0.246 e. The summed E-state index contributed by atoms with van der Waals surface area (Å²) in [7, 11) is -3.85. The van der Waals surface area contributed by atoms with Crippen molar-refractivity contribution in [3.63, 3.8) is 0 Å². The zero-order chi connectivity index (χ0) is 17.3. The van der Waals surface area contributed by atoms with Gasteiger partial charge in [-0.3, -0.25) is 4.79 Å². The minimum Gasteiger partial charge on any atom is -0.309 e. The molecule has 0 aliphatic carbocycles. The Morgan fingerprint density at radius 2 is 1.61 bits per heavy atom. The maximum Gasteiger partial charge on any atom is 0.246 e. The number of nitrogens with zero attached hydrogens (tertiary/aromatic N) is 1. The van der Waals surface area contributed by atoms with E-state index in [0.29, 0.717) is 0 Å². The maximum atomic E-state index is 12.7. The first kappa shape index (κ1) is 18.1. The Morgan fingerprint density at radius 1 is 1.04 bits per heavy atom. The molecule has 5 nitrogen and oxygen atoms in total. The number of halogens is 2. The van der Waals surface area contributed by atoms with Crippen molar-refractivity contribution < 1.29 is 13.2 Å². The number of rotatable bonds is 4. The van der Waals surface area contributed by atoms with Crippen LogP contribution in [0.5, 0.6) is 0 Å². The van der Waals surface area contributed by atoms with Crippen LogP contribution in [0.25, 0.3) is 0 Å². The maximum absolute atomic E-state index is 12.7. The molecule has 122 valence electrons. The summed E-state index contributed by atoms with van der Waals surface area (Å²) in [5.41, 5.74) is 0. The minimum atomic E-state index is -3.85. The molecule has 0 aliphatic heterocycles. The number of hydrogen-bond donors (Lipinski definition) is 1. The number of carbonyl (C=O) groups is 1. The van der Waals surface area contributed by atoms with Gasteiger partial charge in [-0.15, -0.1) is 0 Å². The van der Waals surface area contributed by atoms with Gasteiger partial charge in [0.1, 0.15) is 10.6 Å². The second kappa shape index (κ2) is 6.70. The van der Waals surface area contributed by atoms with Gasteiger partial charge in [-0.25, -0.2) is 13.4 Å². The Kier molecular flexibility index (Phi) is 5.27. The van der Waals surface area contributed by atoms with Crippen LogP contribution in [-0.4, -0.2) is 24.1 Å². The number of nitrogens with one attached hydrogen (secondary N) is 1. The van der Waals surface area contributed by atoms with Crippen molar-refractivity contribution in [1.29, 1.82) is 0 Å². The molecule has 0 fully saturated rings.